The zero-order valence-electron chi connectivity index (χ0n) is 25.3. The van der Waals surface area contributed by atoms with E-state index in [1.807, 2.05) is 0 Å². The van der Waals surface area contributed by atoms with E-state index < -0.39 is 8.16 Å². The van der Waals surface area contributed by atoms with E-state index in [1.165, 1.54) is 11.1 Å². The van der Waals surface area contributed by atoms with Gasteiger partial charge in [0.15, 0.2) is 0 Å². The molecule has 0 aliphatic carbocycles. The summed E-state index contributed by atoms with van der Waals surface area (Å²) in [6.07, 6.45) is 3.33. The molecule has 0 amide bonds. The first kappa shape index (κ1) is 29.7. The van der Waals surface area contributed by atoms with E-state index in [9.17, 15) is 0 Å². The van der Waals surface area contributed by atoms with Gasteiger partial charge in [0, 0.05) is 22.9 Å². The van der Waals surface area contributed by atoms with E-state index in [4.69, 9.17) is 8.39 Å². The van der Waals surface area contributed by atoms with Crippen LogP contribution in [0.3, 0.4) is 0 Å². The van der Waals surface area contributed by atoms with Crippen LogP contribution in [-0.4, -0.2) is 0 Å². The molecule has 5 aromatic rings. The molecule has 0 unspecified atom stereocenters. The topological polar surface area (TPSA) is 29.5 Å². The van der Waals surface area contributed by atoms with Crippen molar-refractivity contribution in [2.45, 2.75) is 65.5 Å². The minimum absolute atomic E-state index is 0.0917. The van der Waals surface area contributed by atoms with Crippen molar-refractivity contribution in [1.82, 2.24) is 0 Å². The summed E-state index contributed by atoms with van der Waals surface area (Å²) < 4.78 is 16.9. The molecule has 4 aromatic carbocycles. The number of hydrogen-bond acceptors (Lipinski definition) is 3. The first-order valence-electron chi connectivity index (χ1n) is 15.0. The van der Waals surface area contributed by atoms with Crippen LogP contribution in [0.2, 0.25) is 0 Å². The molecule has 216 valence electrons. The maximum Gasteiger partial charge on any atom is 0.310 e. The molecule has 4 heteroatoms. The quantitative estimate of drug-likeness (QED) is 0.147. The summed E-state index contributed by atoms with van der Waals surface area (Å²) in [4.78, 5) is 0. The Labute approximate surface area is 251 Å². The van der Waals surface area contributed by atoms with Crippen molar-refractivity contribution in [3.63, 3.8) is 0 Å². The summed E-state index contributed by atoms with van der Waals surface area (Å²) in [6, 6.07) is 34.7. The Kier molecular flexibility index (Phi) is 9.52. The predicted octanol–water partition coefficient (Wildman–Crippen LogP) is 11.8. The minimum Gasteiger partial charge on any atom is -0.407 e. The third kappa shape index (κ3) is 6.33. The summed E-state index contributed by atoms with van der Waals surface area (Å²) in [5.41, 5.74) is 8.78. The largest absolute Gasteiger partial charge is 0.407 e. The lowest BCUT2D eigenvalue weighted by Crippen LogP contribution is -2.30. The average Bonchev–Trinajstić information content (AvgIpc) is 3.16. The van der Waals surface area contributed by atoms with E-state index in [1.54, 1.807) is 0 Å². The number of nitrogens with zero attached hydrogens (tertiary/aromatic N) is 1. The number of rotatable bonds is 11. The summed E-state index contributed by atoms with van der Waals surface area (Å²) in [7, 11) is -1.58. The molecule has 3 nitrogen and oxygen atoms in total. The minimum atomic E-state index is -1.58. The standard InChI is InChI=1S/C38H42NO2P/c1-7-35(29-17-11-9-12-18-29)39(36(8-2)30-19-13-10-14-20-30)42-40-37-31(25-27(3)4)21-15-23-33(37)34-24-16-22-32(26-28(5)6)38(34)41-42/h9-24,35-36H,3,5,7-8,25-26H2,1-2,4,6H3/t35-,36-/m1/s1. The second-order valence-electron chi connectivity index (χ2n) is 11.3. The Morgan fingerprint density at radius 3 is 1.38 bits per heavy atom. The summed E-state index contributed by atoms with van der Waals surface area (Å²) >= 11 is 0. The van der Waals surface area contributed by atoms with Crippen LogP contribution in [0.15, 0.2) is 130 Å². The third-order valence-electron chi connectivity index (χ3n) is 7.78. The van der Waals surface area contributed by atoms with Gasteiger partial charge >= 0.3 is 8.16 Å². The second kappa shape index (κ2) is 13.5. The predicted molar refractivity (Wildman–Crippen MR) is 181 cm³/mol. The van der Waals surface area contributed by atoms with Gasteiger partial charge in [0.2, 0.25) is 0 Å². The summed E-state index contributed by atoms with van der Waals surface area (Å²) in [6.45, 7) is 17.1. The zero-order chi connectivity index (χ0) is 29.6. The SMILES string of the molecule is C=C(C)Cc1cccc2c1op(N([C@H](CC)c1ccccc1)[C@H](CC)c1ccccc1)oc1c(CC(=C)C)cccc12. The monoisotopic (exact) mass is 575 g/mol. The molecular weight excluding hydrogens is 533 g/mol. The van der Waals surface area contributed by atoms with Crippen molar-refractivity contribution >= 4 is 30.1 Å². The molecule has 0 N–H and O–H groups in total. The average molecular weight is 576 g/mol. The fourth-order valence-corrected chi connectivity index (χ4v) is 7.97. The summed E-state index contributed by atoms with van der Waals surface area (Å²) in [5, 5.41) is 2.13. The molecule has 5 rings (SSSR count). The Morgan fingerprint density at radius 1 is 0.619 bits per heavy atom. The Hall–Kier alpha value is -3.78. The maximum absolute atomic E-state index is 7.21. The van der Waals surface area contributed by atoms with Gasteiger partial charge in [-0.05, 0) is 61.8 Å². The van der Waals surface area contributed by atoms with Gasteiger partial charge in [-0.1, -0.05) is 135 Å². The highest BCUT2D eigenvalue weighted by Crippen LogP contribution is 2.49. The number of para-hydroxylation sites is 2. The van der Waals surface area contributed by atoms with Crippen LogP contribution in [0.5, 0.6) is 0 Å². The molecule has 42 heavy (non-hydrogen) atoms. The molecule has 0 saturated heterocycles. The van der Waals surface area contributed by atoms with Crippen molar-refractivity contribution in [1.29, 1.82) is 0 Å². The molecule has 0 saturated carbocycles. The van der Waals surface area contributed by atoms with E-state index >= 15 is 0 Å². The molecule has 0 spiro atoms. The molecule has 0 radical (unpaired) electrons. The van der Waals surface area contributed by atoms with E-state index in [2.05, 4.69) is 143 Å². The number of fused-ring (bicyclic) bond motifs is 3. The van der Waals surface area contributed by atoms with Crippen molar-refractivity contribution in [2.75, 3.05) is 4.67 Å². The second-order valence-corrected chi connectivity index (χ2v) is 12.6. The fourth-order valence-electron chi connectivity index (χ4n) is 5.95. The zero-order valence-corrected chi connectivity index (χ0v) is 26.2. The van der Waals surface area contributed by atoms with Gasteiger partial charge in [0.1, 0.15) is 11.2 Å². The van der Waals surface area contributed by atoms with Gasteiger partial charge in [-0.15, -0.1) is 0 Å². The van der Waals surface area contributed by atoms with Crippen molar-refractivity contribution in [2.24, 2.45) is 0 Å². The summed E-state index contributed by atoms with van der Waals surface area (Å²) in [5.74, 6) is 0. The first-order chi connectivity index (χ1) is 20.4. The van der Waals surface area contributed by atoms with Crippen molar-refractivity contribution in [3.8, 4) is 0 Å². The van der Waals surface area contributed by atoms with Crippen LogP contribution in [0.4, 0.5) is 0 Å². The lowest BCUT2D eigenvalue weighted by atomic mass is 9.99. The Bertz CT molecular complexity index is 1600. The van der Waals surface area contributed by atoms with E-state index in [0.29, 0.717) is 0 Å². The number of hydrogen-bond donors (Lipinski definition) is 0. The van der Waals surface area contributed by atoms with Gasteiger partial charge in [-0.25, -0.2) is 0 Å². The molecule has 0 fully saturated rings. The Balaban J connectivity index is 1.91. The molecule has 2 atom stereocenters. The van der Waals surface area contributed by atoms with Crippen LogP contribution in [0, 0.1) is 0 Å². The molecule has 1 aromatic heterocycles. The fraction of sp³-hybridized carbons (Fsp3) is 0.263. The Morgan fingerprint density at radius 2 is 1.02 bits per heavy atom. The first-order valence-corrected chi connectivity index (χ1v) is 16.1. The smallest absolute Gasteiger partial charge is 0.310 e. The van der Waals surface area contributed by atoms with Crippen LogP contribution in [0.1, 0.15) is 74.9 Å². The highest BCUT2D eigenvalue weighted by molar-refractivity contribution is 7.39. The normalized spacial score (nSPS) is 12.9. The number of allylic oxidation sites excluding steroid dienone is 2. The highest BCUT2D eigenvalue weighted by atomic mass is 31.1. The number of benzene rings is 4. The van der Waals surface area contributed by atoms with Crippen LogP contribution in [-0.2, 0) is 12.8 Å². The van der Waals surface area contributed by atoms with Crippen molar-refractivity contribution in [3.05, 3.63) is 144 Å². The maximum atomic E-state index is 7.21. The van der Waals surface area contributed by atoms with E-state index in [-0.39, 0.29) is 12.1 Å². The highest BCUT2D eigenvalue weighted by Gasteiger charge is 2.32. The van der Waals surface area contributed by atoms with Crippen LogP contribution < -0.4 is 4.67 Å². The molecular formula is C38H42NO2P. The van der Waals surface area contributed by atoms with Gasteiger partial charge in [0.25, 0.3) is 0 Å². The third-order valence-corrected chi connectivity index (χ3v) is 9.39. The lowest BCUT2D eigenvalue weighted by molar-refractivity contribution is 0.503. The molecule has 0 aliphatic heterocycles. The molecule has 0 bridgehead atoms. The lowest BCUT2D eigenvalue weighted by Gasteiger charge is -2.35. The molecule has 0 aliphatic rings. The van der Waals surface area contributed by atoms with Gasteiger partial charge in [-0.3, -0.25) is 0 Å². The molecule has 1 heterocycles. The van der Waals surface area contributed by atoms with Crippen LogP contribution in [0.25, 0.3) is 21.9 Å². The van der Waals surface area contributed by atoms with Gasteiger partial charge in [0.05, 0.1) is 0 Å². The van der Waals surface area contributed by atoms with Crippen LogP contribution >= 0.6 is 8.16 Å². The van der Waals surface area contributed by atoms with Crippen molar-refractivity contribution < 1.29 is 8.39 Å². The van der Waals surface area contributed by atoms with Gasteiger partial charge < -0.3 is 8.39 Å². The van der Waals surface area contributed by atoms with E-state index in [0.717, 1.165) is 69.9 Å². The van der Waals surface area contributed by atoms with Gasteiger partial charge in [-0.2, -0.15) is 4.67 Å².